The average molecular weight is 287 g/mol. The molecule has 0 amide bonds. The second kappa shape index (κ2) is 7.56. The molecule has 0 fully saturated rings. The van der Waals surface area contributed by atoms with Crippen LogP contribution < -0.4 is 5.32 Å². The highest BCUT2D eigenvalue weighted by molar-refractivity contribution is 5.86. The molecule has 0 heterocycles. The zero-order valence-electron chi connectivity index (χ0n) is 13.3. The van der Waals surface area contributed by atoms with Gasteiger partial charge in [0.05, 0.1) is 0 Å². The van der Waals surface area contributed by atoms with E-state index in [1.807, 2.05) is 30.3 Å². The summed E-state index contributed by atoms with van der Waals surface area (Å²) in [5.41, 5.74) is 1.23. The molecule has 0 aliphatic heterocycles. The lowest BCUT2D eigenvalue weighted by Gasteiger charge is -2.28. The fourth-order valence-electron chi connectivity index (χ4n) is 3.15. The van der Waals surface area contributed by atoms with Crippen LogP contribution in [-0.2, 0) is 0 Å². The summed E-state index contributed by atoms with van der Waals surface area (Å²) in [6.45, 7) is 7.65. The van der Waals surface area contributed by atoms with Gasteiger partial charge in [-0.3, -0.25) is 0 Å². The Kier molecular flexibility index (Phi) is 5.75. The highest BCUT2D eigenvalue weighted by Crippen LogP contribution is 2.33. The highest BCUT2D eigenvalue weighted by atomic mass is 19.1. The van der Waals surface area contributed by atoms with Crippen molar-refractivity contribution < 1.29 is 4.39 Å². The van der Waals surface area contributed by atoms with Crippen molar-refractivity contribution in [2.24, 2.45) is 5.92 Å². The van der Waals surface area contributed by atoms with Crippen LogP contribution in [0.15, 0.2) is 36.4 Å². The van der Waals surface area contributed by atoms with Gasteiger partial charge < -0.3 is 5.32 Å². The molecule has 0 saturated heterocycles. The number of hydrogen-bond acceptors (Lipinski definition) is 1. The molecule has 2 aromatic rings. The maximum Gasteiger partial charge on any atom is 0.131 e. The fourth-order valence-corrected chi connectivity index (χ4v) is 3.15. The van der Waals surface area contributed by atoms with Gasteiger partial charge in [-0.25, -0.2) is 4.39 Å². The zero-order chi connectivity index (χ0) is 15.2. The standard InChI is InChI=1S/C19H26FN/c1-4-13-21-19(14(5-2)6-3)17-11-12-18(20)16-10-8-7-9-15(16)17/h7-12,14,19,21H,4-6,13H2,1-3H3. The van der Waals surface area contributed by atoms with Crippen LogP contribution >= 0.6 is 0 Å². The highest BCUT2D eigenvalue weighted by Gasteiger charge is 2.22. The number of hydrogen-bond donors (Lipinski definition) is 1. The molecule has 0 aliphatic rings. The Hall–Kier alpha value is -1.41. The zero-order valence-corrected chi connectivity index (χ0v) is 13.3. The van der Waals surface area contributed by atoms with Crippen molar-refractivity contribution >= 4 is 10.8 Å². The Morgan fingerprint density at radius 1 is 0.952 bits per heavy atom. The number of halogens is 1. The molecule has 0 aliphatic carbocycles. The van der Waals surface area contributed by atoms with E-state index in [4.69, 9.17) is 0 Å². The topological polar surface area (TPSA) is 12.0 Å². The van der Waals surface area contributed by atoms with Gasteiger partial charge in [0.25, 0.3) is 0 Å². The molecule has 21 heavy (non-hydrogen) atoms. The molecule has 0 saturated carbocycles. The van der Waals surface area contributed by atoms with E-state index in [1.54, 1.807) is 6.07 Å². The summed E-state index contributed by atoms with van der Waals surface area (Å²) < 4.78 is 14.0. The second-order valence-corrected chi connectivity index (χ2v) is 5.69. The first kappa shape index (κ1) is 16.0. The molecular formula is C19H26FN. The van der Waals surface area contributed by atoms with E-state index in [0.717, 1.165) is 36.6 Å². The van der Waals surface area contributed by atoms with Crippen molar-refractivity contribution in [3.8, 4) is 0 Å². The van der Waals surface area contributed by atoms with Gasteiger partial charge in [-0.2, -0.15) is 0 Å². The van der Waals surface area contributed by atoms with Gasteiger partial charge in [0.2, 0.25) is 0 Å². The molecule has 0 aromatic heterocycles. The van der Waals surface area contributed by atoms with E-state index in [0.29, 0.717) is 12.0 Å². The van der Waals surface area contributed by atoms with Gasteiger partial charge in [-0.1, -0.05) is 63.9 Å². The summed E-state index contributed by atoms with van der Waals surface area (Å²) >= 11 is 0. The molecule has 114 valence electrons. The predicted molar refractivity (Wildman–Crippen MR) is 89.0 cm³/mol. The molecule has 1 unspecified atom stereocenters. The maximum absolute atomic E-state index is 14.0. The van der Waals surface area contributed by atoms with Crippen LogP contribution in [0.1, 0.15) is 51.6 Å². The maximum atomic E-state index is 14.0. The summed E-state index contributed by atoms with van der Waals surface area (Å²) in [5.74, 6) is 0.443. The smallest absolute Gasteiger partial charge is 0.131 e. The summed E-state index contributed by atoms with van der Waals surface area (Å²) in [4.78, 5) is 0. The van der Waals surface area contributed by atoms with Crippen LogP contribution in [0.4, 0.5) is 4.39 Å². The average Bonchev–Trinajstić information content (AvgIpc) is 2.53. The van der Waals surface area contributed by atoms with Crippen LogP contribution in [0.2, 0.25) is 0 Å². The molecule has 1 nitrogen and oxygen atoms in total. The quantitative estimate of drug-likeness (QED) is 0.713. The first-order valence-electron chi connectivity index (χ1n) is 8.13. The van der Waals surface area contributed by atoms with E-state index < -0.39 is 0 Å². The summed E-state index contributed by atoms with van der Waals surface area (Å²) in [6.07, 6.45) is 3.36. The molecule has 0 bridgehead atoms. The van der Waals surface area contributed by atoms with Crippen molar-refractivity contribution in [3.05, 3.63) is 47.8 Å². The van der Waals surface area contributed by atoms with Gasteiger partial charge >= 0.3 is 0 Å². The van der Waals surface area contributed by atoms with Crippen LogP contribution in [0.25, 0.3) is 10.8 Å². The van der Waals surface area contributed by atoms with Gasteiger partial charge in [0.15, 0.2) is 0 Å². The first-order chi connectivity index (χ1) is 10.2. The van der Waals surface area contributed by atoms with Crippen molar-refractivity contribution in [3.63, 3.8) is 0 Å². The van der Waals surface area contributed by atoms with Crippen LogP contribution in [0.3, 0.4) is 0 Å². The Morgan fingerprint density at radius 2 is 1.62 bits per heavy atom. The normalized spacial score (nSPS) is 13.0. The van der Waals surface area contributed by atoms with Crippen molar-refractivity contribution in [1.82, 2.24) is 5.32 Å². The third kappa shape index (κ3) is 3.44. The number of benzene rings is 2. The molecule has 2 rings (SSSR count). The predicted octanol–water partition coefficient (Wildman–Crippen LogP) is 5.46. The summed E-state index contributed by atoms with van der Waals surface area (Å²) in [7, 11) is 0. The molecule has 2 aromatic carbocycles. The van der Waals surface area contributed by atoms with Crippen LogP contribution in [-0.4, -0.2) is 6.54 Å². The van der Waals surface area contributed by atoms with Gasteiger partial charge in [-0.05, 0) is 35.9 Å². The Labute approximate surface area is 127 Å². The second-order valence-electron chi connectivity index (χ2n) is 5.69. The third-order valence-corrected chi connectivity index (χ3v) is 4.37. The van der Waals surface area contributed by atoms with Crippen molar-refractivity contribution in [2.75, 3.05) is 6.54 Å². The van der Waals surface area contributed by atoms with Gasteiger partial charge in [0, 0.05) is 11.4 Å². The van der Waals surface area contributed by atoms with Crippen LogP contribution in [0.5, 0.6) is 0 Å². The minimum Gasteiger partial charge on any atom is -0.310 e. The molecule has 0 spiro atoms. The lowest BCUT2D eigenvalue weighted by atomic mass is 9.86. The van der Waals surface area contributed by atoms with Gasteiger partial charge in [-0.15, -0.1) is 0 Å². The van der Waals surface area contributed by atoms with E-state index in [2.05, 4.69) is 26.1 Å². The number of nitrogens with one attached hydrogen (secondary N) is 1. The minimum atomic E-state index is -0.131. The Balaban J connectivity index is 2.51. The summed E-state index contributed by atoms with van der Waals surface area (Å²) in [5, 5.41) is 5.44. The van der Waals surface area contributed by atoms with Crippen molar-refractivity contribution in [2.45, 2.75) is 46.1 Å². The number of rotatable bonds is 7. The number of fused-ring (bicyclic) bond motifs is 1. The Bertz CT molecular complexity index is 575. The first-order valence-corrected chi connectivity index (χ1v) is 8.13. The van der Waals surface area contributed by atoms with E-state index in [1.165, 1.54) is 5.56 Å². The van der Waals surface area contributed by atoms with Crippen LogP contribution in [0, 0.1) is 11.7 Å². The molecule has 0 radical (unpaired) electrons. The SMILES string of the molecule is CCCNC(c1ccc(F)c2ccccc12)C(CC)CC. The van der Waals surface area contributed by atoms with E-state index in [9.17, 15) is 4.39 Å². The molecule has 2 heteroatoms. The minimum absolute atomic E-state index is 0.131. The lowest BCUT2D eigenvalue weighted by Crippen LogP contribution is -2.28. The summed E-state index contributed by atoms with van der Waals surface area (Å²) in [6, 6.07) is 11.7. The molecular weight excluding hydrogens is 261 g/mol. The Morgan fingerprint density at radius 3 is 2.24 bits per heavy atom. The lowest BCUT2D eigenvalue weighted by molar-refractivity contribution is 0.343. The van der Waals surface area contributed by atoms with E-state index in [-0.39, 0.29) is 5.82 Å². The van der Waals surface area contributed by atoms with Gasteiger partial charge in [0.1, 0.15) is 5.82 Å². The monoisotopic (exact) mass is 287 g/mol. The fraction of sp³-hybridized carbons (Fsp3) is 0.474. The largest absolute Gasteiger partial charge is 0.310 e. The molecule has 1 N–H and O–H groups in total. The van der Waals surface area contributed by atoms with E-state index >= 15 is 0 Å². The molecule has 1 atom stereocenters. The van der Waals surface area contributed by atoms with Crippen molar-refractivity contribution in [1.29, 1.82) is 0 Å². The third-order valence-electron chi connectivity index (χ3n) is 4.37.